The van der Waals surface area contributed by atoms with Gasteiger partial charge in [0.25, 0.3) is 0 Å². The van der Waals surface area contributed by atoms with Crippen LogP contribution in [-0.4, -0.2) is 41.5 Å². The molecule has 0 spiro atoms. The van der Waals surface area contributed by atoms with Gasteiger partial charge in [-0.05, 0) is 0 Å². The molecule has 0 unspecified atom stereocenters. The summed E-state index contributed by atoms with van der Waals surface area (Å²) in [7, 11) is 0. The number of rotatable bonds is 1. The van der Waals surface area contributed by atoms with Gasteiger partial charge in [0.05, 0.1) is 0 Å². The molecule has 0 aromatic heterocycles. The molecule has 0 aliphatic heterocycles. The normalized spacial score (nSPS) is 6.00. The Balaban J connectivity index is -0.0000000267. The molecule has 0 aromatic carbocycles. The van der Waals surface area contributed by atoms with Gasteiger partial charge in [0.2, 0.25) is 0 Å². The van der Waals surface area contributed by atoms with Crippen molar-refractivity contribution in [2.24, 2.45) is 5.92 Å². The Morgan fingerprint density at radius 1 is 1.38 bits per heavy atom. The van der Waals surface area contributed by atoms with Gasteiger partial charge in [0.15, 0.2) is 0 Å². The molecular weight excluding hydrogens is 215 g/mol. The summed E-state index contributed by atoms with van der Waals surface area (Å²) >= 11 is 0. The van der Waals surface area contributed by atoms with E-state index in [-0.39, 0.29) is 41.5 Å². The Labute approximate surface area is 66.7 Å². The van der Waals surface area contributed by atoms with Gasteiger partial charge in [0, 0.05) is 0 Å². The molecule has 0 saturated carbocycles. The molecular formula is C4H12O3Sn. The summed E-state index contributed by atoms with van der Waals surface area (Å²) in [6, 6.07) is 0. The van der Waals surface area contributed by atoms with Crippen LogP contribution in [0.3, 0.4) is 0 Å². The van der Waals surface area contributed by atoms with Crippen LogP contribution in [0.25, 0.3) is 0 Å². The fraction of sp³-hybridized carbons (Fsp3) is 1.00. The molecule has 0 heterocycles. The van der Waals surface area contributed by atoms with E-state index < -0.39 is 0 Å². The molecule has 0 amide bonds. The maximum atomic E-state index is 9.63. The van der Waals surface area contributed by atoms with Crippen molar-refractivity contribution in [2.75, 3.05) is 6.61 Å². The van der Waals surface area contributed by atoms with Crippen LogP contribution < -0.4 is 5.11 Å². The van der Waals surface area contributed by atoms with Crippen LogP contribution in [0.5, 0.6) is 0 Å². The van der Waals surface area contributed by atoms with E-state index in [2.05, 4.69) is 0 Å². The molecule has 3 N–H and O–H groups in total. The summed E-state index contributed by atoms with van der Waals surface area (Å²) in [5.41, 5.74) is 0. The topological polar surface area (TPSA) is 84.6 Å². The van der Waals surface area contributed by atoms with E-state index in [0.29, 0.717) is 5.92 Å². The van der Waals surface area contributed by atoms with E-state index >= 15 is 0 Å². The van der Waals surface area contributed by atoms with Crippen LogP contribution in [0.2, 0.25) is 0 Å². The maximum absolute atomic E-state index is 9.63. The van der Waals surface area contributed by atoms with Crippen LogP contribution >= 0.6 is 0 Å². The van der Waals surface area contributed by atoms with Gasteiger partial charge in [-0.2, -0.15) is 0 Å². The first-order valence-corrected chi connectivity index (χ1v) is 1.85. The fourth-order valence-electron chi connectivity index (χ4n) is 0. The SMILES string of the molecule is CC(C)C[O-].O.[OH-].[Sn+2]. The quantitative estimate of drug-likeness (QED) is 0.517. The Morgan fingerprint density at radius 2 is 1.50 bits per heavy atom. The molecule has 3 nitrogen and oxygen atoms in total. The molecule has 0 aromatic rings. The van der Waals surface area contributed by atoms with Gasteiger partial charge in [0.1, 0.15) is 0 Å². The molecule has 4 heteroatoms. The van der Waals surface area contributed by atoms with E-state index in [1.165, 1.54) is 0 Å². The molecule has 0 bridgehead atoms. The monoisotopic (exact) mass is 228 g/mol. The summed E-state index contributed by atoms with van der Waals surface area (Å²) in [6.45, 7) is 3.88. The molecule has 2 radical (unpaired) electrons. The smallest absolute Gasteiger partial charge is 0.870 e. The predicted molar refractivity (Wildman–Crippen MR) is 31.0 cm³/mol. The molecule has 0 fully saturated rings. The zero-order valence-electron chi connectivity index (χ0n) is 5.14. The second kappa shape index (κ2) is 15.6. The van der Waals surface area contributed by atoms with Crippen LogP contribution in [0.4, 0.5) is 0 Å². The first-order valence-electron chi connectivity index (χ1n) is 1.85. The van der Waals surface area contributed by atoms with Crippen molar-refractivity contribution < 1.29 is 16.1 Å². The molecule has 0 atom stereocenters. The third-order valence-electron chi connectivity index (χ3n) is 0.333. The minimum Gasteiger partial charge on any atom is -0.870 e. The largest absolute Gasteiger partial charge is 2.00 e. The third-order valence-corrected chi connectivity index (χ3v) is 0.333. The molecule has 0 saturated heterocycles. The molecule has 8 heavy (non-hydrogen) atoms. The van der Waals surface area contributed by atoms with Gasteiger partial charge in [-0.1, -0.05) is 19.8 Å². The van der Waals surface area contributed by atoms with Gasteiger partial charge >= 0.3 is 23.9 Å². The van der Waals surface area contributed by atoms with Crippen molar-refractivity contribution >= 4 is 23.9 Å². The standard InChI is InChI=1S/C4H9O.2H2O.Sn/c1-4(2)3-5;;;/h4H,3H2,1-2H3;2*1H2;/q-1;;;+2/p-1. The van der Waals surface area contributed by atoms with Gasteiger partial charge in [-0.25, -0.2) is 0 Å². The van der Waals surface area contributed by atoms with Crippen LogP contribution in [0.1, 0.15) is 13.8 Å². The van der Waals surface area contributed by atoms with E-state index in [1.807, 2.05) is 13.8 Å². The predicted octanol–water partition coefficient (Wildman–Crippen LogP) is -1.38. The van der Waals surface area contributed by atoms with Crippen molar-refractivity contribution in [2.45, 2.75) is 13.8 Å². The summed E-state index contributed by atoms with van der Waals surface area (Å²) in [4.78, 5) is 0. The van der Waals surface area contributed by atoms with E-state index in [0.717, 1.165) is 0 Å². The van der Waals surface area contributed by atoms with Crippen molar-refractivity contribution in [1.29, 1.82) is 0 Å². The Kier molecular flexibility index (Phi) is 45.7. The first-order chi connectivity index (χ1) is 2.27. The Hall–Kier alpha value is 0.679. The average Bonchev–Trinajstić information content (AvgIpc) is 1.38. The Morgan fingerprint density at radius 3 is 1.50 bits per heavy atom. The fourth-order valence-corrected chi connectivity index (χ4v) is 0. The van der Waals surface area contributed by atoms with Gasteiger partial charge < -0.3 is 16.1 Å². The van der Waals surface area contributed by atoms with Crippen molar-refractivity contribution in [3.63, 3.8) is 0 Å². The van der Waals surface area contributed by atoms with Crippen molar-refractivity contribution in [3.05, 3.63) is 0 Å². The summed E-state index contributed by atoms with van der Waals surface area (Å²) in [5.74, 6) is 0.329. The van der Waals surface area contributed by atoms with Crippen LogP contribution in [0, 0.1) is 5.92 Å². The Bertz CT molecular complexity index is 25.2. The average molecular weight is 227 g/mol. The van der Waals surface area contributed by atoms with Crippen LogP contribution in [-0.2, 0) is 0 Å². The third kappa shape index (κ3) is 30.0. The minimum atomic E-state index is 0. The first kappa shape index (κ1) is 23.4. The van der Waals surface area contributed by atoms with Crippen molar-refractivity contribution in [3.8, 4) is 0 Å². The maximum Gasteiger partial charge on any atom is 2.00 e. The second-order valence-corrected chi connectivity index (χ2v) is 1.56. The van der Waals surface area contributed by atoms with E-state index in [9.17, 15) is 5.11 Å². The second-order valence-electron chi connectivity index (χ2n) is 1.56. The van der Waals surface area contributed by atoms with Crippen LogP contribution in [0.15, 0.2) is 0 Å². The summed E-state index contributed by atoms with van der Waals surface area (Å²) < 4.78 is 0. The zero-order valence-corrected chi connectivity index (χ0v) is 7.99. The summed E-state index contributed by atoms with van der Waals surface area (Å²) in [6.07, 6.45) is 0. The zero-order chi connectivity index (χ0) is 4.28. The number of hydrogen-bond acceptors (Lipinski definition) is 2. The molecule has 0 aliphatic carbocycles. The van der Waals surface area contributed by atoms with Crippen molar-refractivity contribution in [1.82, 2.24) is 0 Å². The molecule has 50 valence electrons. The van der Waals surface area contributed by atoms with Gasteiger partial charge in [-0.3, -0.25) is 0 Å². The van der Waals surface area contributed by atoms with E-state index in [4.69, 9.17) is 0 Å². The van der Waals surface area contributed by atoms with Gasteiger partial charge in [-0.15, -0.1) is 6.61 Å². The number of hydrogen-bond donors (Lipinski definition) is 0. The van der Waals surface area contributed by atoms with E-state index in [1.54, 1.807) is 0 Å². The molecule has 0 rings (SSSR count). The minimum absolute atomic E-state index is 0. The summed E-state index contributed by atoms with van der Waals surface area (Å²) in [5, 5.41) is 9.63. The molecule has 0 aliphatic rings.